The second-order valence-corrected chi connectivity index (χ2v) is 6.19. The SMILES string of the molecule is C=COC(=O)[C@H](C)N(C)C(=O)OCC1c2ccccc2-c2ccccc21. The number of hydrogen-bond donors (Lipinski definition) is 0. The van der Waals surface area contributed by atoms with Gasteiger partial charge in [0.2, 0.25) is 0 Å². The molecule has 0 aliphatic heterocycles. The van der Waals surface area contributed by atoms with E-state index in [1.807, 2.05) is 24.3 Å². The summed E-state index contributed by atoms with van der Waals surface area (Å²) < 4.78 is 10.2. The lowest BCUT2D eigenvalue weighted by Gasteiger charge is -2.23. The second-order valence-electron chi connectivity index (χ2n) is 6.19. The van der Waals surface area contributed by atoms with Crippen LogP contribution in [0.1, 0.15) is 24.0 Å². The zero-order valence-corrected chi connectivity index (χ0v) is 14.8. The predicted octanol–water partition coefficient (Wildman–Crippen LogP) is 3.94. The summed E-state index contributed by atoms with van der Waals surface area (Å²) in [6, 6.07) is 15.5. The number of ether oxygens (including phenoxy) is 2. The Morgan fingerprint density at radius 2 is 1.65 bits per heavy atom. The third kappa shape index (κ3) is 3.20. The molecule has 0 N–H and O–H groups in total. The van der Waals surface area contributed by atoms with Gasteiger partial charge in [-0.2, -0.15) is 0 Å². The first-order chi connectivity index (χ1) is 12.5. The monoisotopic (exact) mass is 351 g/mol. The Bertz CT molecular complexity index is 800. The highest BCUT2D eigenvalue weighted by Crippen LogP contribution is 2.44. The molecule has 0 unspecified atom stereocenters. The first-order valence-electron chi connectivity index (χ1n) is 8.43. The van der Waals surface area contributed by atoms with Gasteiger partial charge in [-0.15, -0.1) is 0 Å². The molecule has 2 aromatic rings. The third-order valence-electron chi connectivity index (χ3n) is 4.75. The Balaban J connectivity index is 1.73. The van der Waals surface area contributed by atoms with Crippen molar-refractivity contribution >= 4 is 12.1 Å². The zero-order chi connectivity index (χ0) is 18.7. The molecule has 1 amide bonds. The van der Waals surface area contributed by atoms with E-state index in [9.17, 15) is 9.59 Å². The summed E-state index contributed by atoms with van der Waals surface area (Å²) in [5.41, 5.74) is 4.62. The van der Waals surface area contributed by atoms with E-state index < -0.39 is 18.1 Å². The Labute approximate surface area is 152 Å². The minimum Gasteiger partial charge on any atom is -0.448 e. The highest BCUT2D eigenvalue weighted by Gasteiger charge is 2.30. The molecule has 0 saturated carbocycles. The van der Waals surface area contributed by atoms with Gasteiger partial charge in [-0.25, -0.2) is 9.59 Å². The van der Waals surface area contributed by atoms with E-state index in [-0.39, 0.29) is 12.5 Å². The number of benzene rings is 2. The molecule has 2 aromatic carbocycles. The van der Waals surface area contributed by atoms with E-state index in [1.165, 1.54) is 23.1 Å². The molecule has 5 nitrogen and oxygen atoms in total. The molecule has 0 aromatic heterocycles. The van der Waals surface area contributed by atoms with Gasteiger partial charge < -0.3 is 9.47 Å². The van der Waals surface area contributed by atoms with Crippen molar-refractivity contribution in [2.45, 2.75) is 18.9 Å². The van der Waals surface area contributed by atoms with E-state index in [4.69, 9.17) is 9.47 Å². The molecule has 1 atom stereocenters. The van der Waals surface area contributed by atoms with Crippen molar-refractivity contribution in [1.29, 1.82) is 0 Å². The maximum Gasteiger partial charge on any atom is 0.410 e. The number of amides is 1. The van der Waals surface area contributed by atoms with Crippen molar-refractivity contribution in [3.05, 3.63) is 72.5 Å². The van der Waals surface area contributed by atoms with Crippen molar-refractivity contribution in [3.8, 4) is 11.1 Å². The van der Waals surface area contributed by atoms with Crippen LogP contribution in [0.4, 0.5) is 4.79 Å². The van der Waals surface area contributed by atoms with Gasteiger partial charge in [-0.05, 0) is 29.2 Å². The summed E-state index contributed by atoms with van der Waals surface area (Å²) in [6.45, 7) is 5.13. The van der Waals surface area contributed by atoms with Crippen LogP contribution in [0.3, 0.4) is 0 Å². The van der Waals surface area contributed by atoms with Crippen molar-refractivity contribution in [2.75, 3.05) is 13.7 Å². The highest BCUT2D eigenvalue weighted by molar-refractivity contribution is 5.82. The fourth-order valence-electron chi connectivity index (χ4n) is 3.19. The van der Waals surface area contributed by atoms with Gasteiger partial charge in [0.15, 0.2) is 0 Å². The summed E-state index contributed by atoms with van der Waals surface area (Å²) in [5.74, 6) is -0.578. The van der Waals surface area contributed by atoms with Crippen LogP contribution in [0.5, 0.6) is 0 Å². The van der Waals surface area contributed by atoms with E-state index in [1.54, 1.807) is 6.92 Å². The standard InChI is InChI=1S/C21H21NO4/c1-4-25-20(23)14(2)22(3)21(24)26-13-19-17-11-7-5-9-15(17)16-10-6-8-12-18(16)19/h4-12,14,19H,1,13H2,2-3H3/t14-/m0/s1. The van der Waals surface area contributed by atoms with Gasteiger partial charge in [0.05, 0.1) is 6.26 Å². The molecule has 1 aliphatic carbocycles. The Morgan fingerprint density at radius 3 is 2.19 bits per heavy atom. The molecule has 1 aliphatic rings. The molecule has 5 heteroatoms. The first kappa shape index (κ1) is 17.7. The molecule has 0 bridgehead atoms. The second kappa shape index (κ2) is 7.44. The van der Waals surface area contributed by atoms with Gasteiger partial charge >= 0.3 is 12.1 Å². The highest BCUT2D eigenvalue weighted by atomic mass is 16.6. The van der Waals surface area contributed by atoms with E-state index in [0.29, 0.717) is 0 Å². The predicted molar refractivity (Wildman–Crippen MR) is 98.6 cm³/mol. The smallest absolute Gasteiger partial charge is 0.410 e. The maximum absolute atomic E-state index is 12.3. The third-order valence-corrected chi connectivity index (χ3v) is 4.75. The largest absolute Gasteiger partial charge is 0.448 e. The lowest BCUT2D eigenvalue weighted by molar-refractivity contribution is -0.142. The molecule has 26 heavy (non-hydrogen) atoms. The zero-order valence-electron chi connectivity index (χ0n) is 14.8. The van der Waals surface area contributed by atoms with Gasteiger partial charge in [0, 0.05) is 13.0 Å². The van der Waals surface area contributed by atoms with Crippen LogP contribution in [-0.2, 0) is 14.3 Å². The maximum atomic E-state index is 12.3. The van der Waals surface area contributed by atoms with E-state index in [2.05, 4.69) is 30.8 Å². The summed E-state index contributed by atoms with van der Waals surface area (Å²) in [5, 5.41) is 0. The Kier molecular flexibility index (Phi) is 5.07. The number of carbonyl (C=O) groups is 2. The van der Waals surface area contributed by atoms with Crippen molar-refractivity contribution in [2.24, 2.45) is 0 Å². The molecule has 0 saturated heterocycles. The number of fused-ring (bicyclic) bond motifs is 3. The number of esters is 1. The van der Waals surface area contributed by atoms with Crippen LogP contribution in [0.25, 0.3) is 11.1 Å². The van der Waals surface area contributed by atoms with Gasteiger partial charge in [0.25, 0.3) is 0 Å². The normalized spacial score (nSPS) is 13.3. The van der Waals surface area contributed by atoms with Crippen LogP contribution in [0, 0.1) is 0 Å². The van der Waals surface area contributed by atoms with Crippen LogP contribution in [-0.4, -0.2) is 36.7 Å². The Morgan fingerprint density at radius 1 is 1.12 bits per heavy atom. The molecule has 3 rings (SSSR count). The molecule has 134 valence electrons. The number of carbonyl (C=O) groups excluding carboxylic acids is 2. The summed E-state index contributed by atoms with van der Waals surface area (Å²) in [4.78, 5) is 25.3. The van der Waals surface area contributed by atoms with Gasteiger partial charge in [-0.1, -0.05) is 55.1 Å². The Hall–Kier alpha value is -3.08. The summed E-state index contributed by atoms with van der Waals surface area (Å²) in [7, 11) is 1.51. The van der Waals surface area contributed by atoms with Gasteiger partial charge in [0.1, 0.15) is 12.6 Å². The fourth-order valence-corrected chi connectivity index (χ4v) is 3.19. The molecule has 0 spiro atoms. The minimum atomic E-state index is -0.761. The number of hydrogen-bond acceptors (Lipinski definition) is 4. The summed E-state index contributed by atoms with van der Waals surface area (Å²) in [6.07, 6.45) is 0.477. The molecule has 0 heterocycles. The van der Waals surface area contributed by atoms with E-state index in [0.717, 1.165) is 17.4 Å². The lowest BCUT2D eigenvalue weighted by atomic mass is 9.98. The van der Waals surface area contributed by atoms with Crippen LogP contribution in [0.15, 0.2) is 61.4 Å². The molecule has 0 radical (unpaired) electrons. The quantitative estimate of drug-likeness (QED) is 0.605. The van der Waals surface area contributed by atoms with Crippen molar-refractivity contribution in [1.82, 2.24) is 4.90 Å². The number of nitrogens with zero attached hydrogens (tertiary/aromatic N) is 1. The minimum absolute atomic E-state index is 0.0183. The number of rotatable bonds is 5. The molecular formula is C21H21NO4. The van der Waals surface area contributed by atoms with Gasteiger partial charge in [-0.3, -0.25) is 4.90 Å². The fraction of sp³-hybridized carbons (Fsp3) is 0.238. The van der Waals surface area contributed by atoms with E-state index >= 15 is 0 Å². The topological polar surface area (TPSA) is 55.8 Å². The molecular weight excluding hydrogens is 330 g/mol. The average molecular weight is 351 g/mol. The van der Waals surface area contributed by atoms with Crippen LogP contribution >= 0.6 is 0 Å². The van der Waals surface area contributed by atoms with Crippen molar-refractivity contribution < 1.29 is 19.1 Å². The average Bonchev–Trinajstić information content (AvgIpc) is 2.99. The van der Waals surface area contributed by atoms with Crippen LogP contribution < -0.4 is 0 Å². The molecule has 0 fully saturated rings. The first-order valence-corrected chi connectivity index (χ1v) is 8.43. The summed E-state index contributed by atoms with van der Waals surface area (Å²) >= 11 is 0. The van der Waals surface area contributed by atoms with Crippen LogP contribution in [0.2, 0.25) is 0 Å². The van der Waals surface area contributed by atoms with Crippen molar-refractivity contribution in [3.63, 3.8) is 0 Å². The number of likely N-dealkylation sites (N-methyl/N-ethyl adjacent to an activating group) is 1. The lowest BCUT2D eigenvalue weighted by Crippen LogP contribution is -2.41.